The minimum Gasteiger partial charge on any atom is -0.480 e. The molecule has 1 amide bonds. The molecule has 100 valence electrons. The average Bonchev–Trinajstić information content (AvgIpc) is 3.21. The van der Waals surface area contributed by atoms with Crippen LogP contribution in [-0.4, -0.2) is 23.0 Å². The lowest BCUT2D eigenvalue weighted by Crippen LogP contribution is -2.40. The summed E-state index contributed by atoms with van der Waals surface area (Å²) in [5.74, 6) is -0.871. The first-order chi connectivity index (χ1) is 9.15. The second-order valence-corrected chi connectivity index (χ2v) is 4.82. The van der Waals surface area contributed by atoms with Gasteiger partial charge in [-0.15, -0.1) is 0 Å². The van der Waals surface area contributed by atoms with Gasteiger partial charge in [0.05, 0.1) is 0 Å². The van der Waals surface area contributed by atoms with Crippen LogP contribution in [0.1, 0.15) is 24.8 Å². The van der Waals surface area contributed by atoms with Crippen molar-refractivity contribution in [2.75, 3.05) is 0 Å². The van der Waals surface area contributed by atoms with E-state index in [9.17, 15) is 9.59 Å². The lowest BCUT2D eigenvalue weighted by molar-refractivity contribution is -0.141. The van der Waals surface area contributed by atoms with E-state index in [1.807, 2.05) is 30.3 Å². The maximum Gasteiger partial charge on any atom is 0.326 e. The zero-order valence-electron chi connectivity index (χ0n) is 10.6. The lowest BCUT2D eigenvalue weighted by atomic mass is 10.1. The zero-order chi connectivity index (χ0) is 13.7. The lowest BCUT2D eigenvalue weighted by Gasteiger charge is -2.12. The molecule has 1 aliphatic rings. The van der Waals surface area contributed by atoms with Crippen LogP contribution in [0.25, 0.3) is 6.08 Å². The first-order valence-electron chi connectivity index (χ1n) is 6.41. The molecule has 2 rings (SSSR count). The molecule has 1 atom stereocenters. The number of hydrogen-bond donors (Lipinski definition) is 2. The average molecular weight is 259 g/mol. The molecule has 2 N–H and O–H groups in total. The van der Waals surface area contributed by atoms with Crippen LogP contribution >= 0.6 is 0 Å². The van der Waals surface area contributed by atoms with E-state index < -0.39 is 12.0 Å². The van der Waals surface area contributed by atoms with Gasteiger partial charge in [-0.05, 0) is 24.0 Å². The van der Waals surface area contributed by atoms with Crippen molar-refractivity contribution in [2.45, 2.75) is 25.3 Å². The van der Waals surface area contributed by atoms with E-state index in [-0.39, 0.29) is 5.91 Å². The van der Waals surface area contributed by atoms with Gasteiger partial charge in [0.25, 0.3) is 0 Å². The molecule has 1 aliphatic carbocycles. The SMILES string of the molecule is O=C(C=Cc1ccccc1)N[C@@H](CC1CC1)C(=O)O. The molecule has 0 aliphatic heterocycles. The third kappa shape index (κ3) is 4.58. The van der Waals surface area contributed by atoms with Crippen molar-refractivity contribution >= 4 is 18.0 Å². The van der Waals surface area contributed by atoms with E-state index in [0.29, 0.717) is 12.3 Å². The summed E-state index contributed by atoms with van der Waals surface area (Å²) in [5, 5.41) is 11.6. The Morgan fingerprint density at radius 1 is 1.32 bits per heavy atom. The topological polar surface area (TPSA) is 66.4 Å². The van der Waals surface area contributed by atoms with Crippen LogP contribution in [0.5, 0.6) is 0 Å². The summed E-state index contributed by atoms with van der Waals surface area (Å²) in [4.78, 5) is 22.7. The Kier molecular flexibility index (Phi) is 4.34. The molecule has 4 nitrogen and oxygen atoms in total. The van der Waals surface area contributed by atoms with Crippen molar-refractivity contribution < 1.29 is 14.7 Å². The van der Waals surface area contributed by atoms with E-state index in [1.54, 1.807) is 6.08 Å². The minimum atomic E-state index is -0.964. The van der Waals surface area contributed by atoms with E-state index in [0.717, 1.165) is 18.4 Å². The van der Waals surface area contributed by atoms with Crippen LogP contribution in [0.2, 0.25) is 0 Å². The number of rotatable bonds is 6. The van der Waals surface area contributed by atoms with Crippen LogP contribution in [0, 0.1) is 5.92 Å². The van der Waals surface area contributed by atoms with E-state index in [1.165, 1.54) is 6.08 Å². The molecule has 1 saturated carbocycles. The minimum absolute atomic E-state index is 0.364. The predicted octanol–water partition coefficient (Wildman–Crippen LogP) is 2.07. The van der Waals surface area contributed by atoms with Gasteiger partial charge < -0.3 is 10.4 Å². The molecule has 0 aromatic heterocycles. The first kappa shape index (κ1) is 13.3. The molecule has 1 aromatic rings. The fourth-order valence-corrected chi connectivity index (χ4v) is 1.86. The van der Waals surface area contributed by atoms with Gasteiger partial charge in [0.15, 0.2) is 0 Å². The number of hydrogen-bond acceptors (Lipinski definition) is 2. The highest BCUT2D eigenvalue weighted by Gasteiger charge is 2.29. The summed E-state index contributed by atoms with van der Waals surface area (Å²) in [5.41, 5.74) is 0.909. The molecule has 0 heterocycles. The monoisotopic (exact) mass is 259 g/mol. The number of carbonyl (C=O) groups excluding carboxylic acids is 1. The summed E-state index contributed by atoms with van der Waals surface area (Å²) >= 11 is 0. The molecule has 0 spiro atoms. The molecule has 0 bridgehead atoms. The maximum atomic E-state index is 11.7. The normalized spacial score (nSPS) is 16.2. The van der Waals surface area contributed by atoms with Crippen molar-refractivity contribution in [1.29, 1.82) is 0 Å². The number of aliphatic carboxylic acids is 1. The Labute approximate surface area is 112 Å². The van der Waals surface area contributed by atoms with Crippen molar-refractivity contribution in [3.05, 3.63) is 42.0 Å². The van der Waals surface area contributed by atoms with Crippen molar-refractivity contribution in [2.24, 2.45) is 5.92 Å². The highest BCUT2D eigenvalue weighted by molar-refractivity contribution is 5.94. The summed E-state index contributed by atoms with van der Waals surface area (Å²) in [7, 11) is 0. The molecular weight excluding hydrogens is 242 g/mol. The van der Waals surface area contributed by atoms with E-state index >= 15 is 0 Å². The van der Waals surface area contributed by atoms with Crippen LogP contribution in [0.3, 0.4) is 0 Å². The van der Waals surface area contributed by atoms with Crippen LogP contribution in [0.4, 0.5) is 0 Å². The zero-order valence-corrected chi connectivity index (χ0v) is 10.6. The Hall–Kier alpha value is -2.10. The number of carboxylic acid groups (broad SMARTS) is 1. The standard InChI is InChI=1S/C15H17NO3/c17-14(9-8-11-4-2-1-3-5-11)16-13(15(18)19)10-12-6-7-12/h1-5,8-9,12-13H,6-7,10H2,(H,16,17)(H,18,19)/t13-/m0/s1. The smallest absolute Gasteiger partial charge is 0.326 e. The highest BCUT2D eigenvalue weighted by Crippen LogP contribution is 2.33. The predicted molar refractivity (Wildman–Crippen MR) is 72.4 cm³/mol. The molecular formula is C15H17NO3. The van der Waals surface area contributed by atoms with Gasteiger partial charge in [0.2, 0.25) is 5.91 Å². The van der Waals surface area contributed by atoms with Crippen LogP contribution in [-0.2, 0) is 9.59 Å². The van der Waals surface area contributed by atoms with Crippen molar-refractivity contribution in [1.82, 2.24) is 5.32 Å². The van der Waals surface area contributed by atoms with Crippen LogP contribution < -0.4 is 5.32 Å². The van der Waals surface area contributed by atoms with Gasteiger partial charge in [-0.25, -0.2) is 4.79 Å². The second-order valence-electron chi connectivity index (χ2n) is 4.82. The van der Waals surface area contributed by atoms with Gasteiger partial charge in [-0.3, -0.25) is 4.79 Å². The second kappa shape index (κ2) is 6.18. The highest BCUT2D eigenvalue weighted by atomic mass is 16.4. The Morgan fingerprint density at radius 3 is 2.58 bits per heavy atom. The Morgan fingerprint density at radius 2 is 2.00 bits per heavy atom. The molecule has 19 heavy (non-hydrogen) atoms. The largest absolute Gasteiger partial charge is 0.480 e. The third-order valence-corrected chi connectivity index (χ3v) is 3.11. The number of nitrogens with one attached hydrogen (secondary N) is 1. The number of carbonyl (C=O) groups is 2. The van der Waals surface area contributed by atoms with Gasteiger partial charge in [-0.1, -0.05) is 43.2 Å². The number of amides is 1. The molecule has 1 aromatic carbocycles. The summed E-state index contributed by atoms with van der Waals surface area (Å²) < 4.78 is 0. The quantitative estimate of drug-likeness (QED) is 0.768. The fraction of sp³-hybridized carbons (Fsp3) is 0.333. The maximum absolute atomic E-state index is 11.7. The van der Waals surface area contributed by atoms with Crippen molar-refractivity contribution in [3.8, 4) is 0 Å². The van der Waals surface area contributed by atoms with Gasteiger partial charge in [-0.2, -0.15) is 0 Å². The summed E-state index contributed by atoms with van der Waals surface area (Å²) in [6, 6.07) is 8.63. The molecule has 0 unspecified atom stereocenters. The van der Waals surface area contributed by atoms with Crippen molar-refractivity contribution in [3.63, 3.8) is 0 Å². The number of carboxylic acids is 1. The first-order valence-corrected chi connectivity index (χ1v) is 6.41. The molecule has 4 heteroatoms. The van der Waals surface area contributed by atoms with Gasteiger partial charge in [0.1, 0.15) is 6.04 Å². The van der Waals surface area contributed by atoms with E-state index in [2.05, 4.69) is 5.32 Å². The number of benzene rings is 1. The fourth-order valence-electron chi connectivity index (χ4n) is 1.86. The molecule has 0 saturated heterocycles. The van der Waals surface area contributed by atoms with Crippen LogP contribution in [0.15, 0.2) is 36.4 Å². The third-order valence-electron chi connectivity index (χ3n) is 3.11. The van der Waals surface area contributed by atoms with Gasteiger partial charge in [0, 0.05) is 6.08 Å². The van der Waals surface area contributed by atoms with E-state index in [4.69, 9.17) is 5.11 Å². The Balaban J connectivity index is 1.88. The summed E-state index contributed by atoms with van der Waals surface area (Å²) in [6.45, 7) is 0. The summed E-state index contributed by atoms with van der Waals surface area (Å²) in [6.07, 6.45) is 5.71. The van der Waals surface area contributed by atoms with Gasteiger partial charge >= 0.3 is 5.97 Å². The molecule has 1 fully saturated rings. The Bertz CT molecular complexity index is 477. The molecule has 0 radical (unpaired) electrons.